The molecule has 16 nitrogen and oxygen atoms in total. The molecule has 2 aromatic rings. The number of ether oxygens (including phenoxy) is 3. The van der Waals surface area contributed by atoms with Gasteiger partial charge in [0.05, 0.1) is 45.4 Å². The van der Waals surface area contributed by atoms with E-state index in [0.29, 0.717) is 48.7 Å². The minimum absolute atomic E-state index is 0.0218. The quantitative estimate of drug-likeness (QED) is 0.217. The van der Waals surface area contributed by atoms with Gasteiger partial charge in [-0.15, -0.1) is 0 Å². The van der Waals surface area contributed by atoms with Gasteiger partial charge in [-0.3, -0.25) is 33.6 Å². The summed E-state index contributed by atoms with van der Waals surface area (Å²) in [5.74, 6) is -3.58. The third kappa shape index (κ3) is 12.3. The highest BCUT2D eigenvalue weighted by Crippen LogP contribution is 2.31. The van der Waals surface area contributed by atoms with Gasteiger partial charge in [0, 0.05) is 39.5 Å². The van der Waals surface area contributed by atoms with E-state index in [1.54, 1.807) is 69.6 Å². The van der Waals surface area contributed by atoms with Crippen LogP contribution in [0.3, 0.4) is 0 Å². The molecule has 4 N–H and O–H groups in total. The van der Waals surface area contributed by atoms with Crippen molar-refractivity contribution in [1.29, 1.82) is 0 Å². The van der Waals surface area contributed by atoms with E-state index >= 15 is 0 Å². The van der Waals surface area contributed by atoms with Gasteiger partial charge in [0.1, 0.15) is 29.6 Å². The highest BCUT2D eigenvalue weighted by Gasteiger charge is 2.45. The van der Waals surface area contributed by atoms with Crippen LogP contribution in [0.1, 0.15) is 81.9 Å². The topological polar surface area (TPSA) is 202 Å². The third-order valence-electron chi connectivity index (χ3n) is 11.0. The number of nitrogens with zero attached hydrogens (tertiary/aromatic N) is 2. The number of fused-ring (bicyclic) bond motifs is 4. The first-order chi connectivity index (χ1) is 28.4. The molecular weight excluding hydrogens is 761 g/mol. The van der Waals surface area contributed by atoms with Gasteiger partial charge in [0.15, 0.2) is 0 Å². The Morgan fingerprint density at radius 2 is 1.71 bits per heavy atom. The second-order valence-electron chi connectivity index (χ2n) is 15.6. The number of ketones is 1. The SMILES string of the molecule is CCC[C@@H](NC(=O)[C@@H]1C[C@@H]2CN1C(=O)[C@H](C1CCCCC1)NC(=O)Cc1cc(OC)cc(c1)OCCCO2)C(=O)C(=O)NCC(=O)N[C@H](C(=O)N(C)C)c1ccccc1. The van der Waals surface area contributed by atoms with Crippen molar-refractivity contribution in [2.45, 2.75) is 101 Å². The lowest BCUT2D eigenvalue weighted by Gasteiger charge is -2.35. The minimum atomic E-state index is -1.25. The predicted molar refractivity (Wildman–Crippen MR) is 216 cm³/mol. The van der Waals surface area contributed by atoms with E-state index in [2.05, 4.69) is 21.3 Å². The molecule has 0 radical (unpaired) electrons. The summed E-state index contributed by atoms with van der Waals surface area (Å²) in [7, 11) is 4.65. The van der Waals surface area contributed by atoms with E-state index in [1.165, 1.54) is 16.9 Å². The highest BCUT2D eigenvalue weighted by molar-refractivity contribution is 6.38. The Hall–Kier alpha value is -5.51. The standard InChI is InChI=1S/C43H58N6O10/c1-5-13-33(39(52)41(54)44-25-36(51)47-37(42(55)48(2)3)28-14-8-6-9-15-28)45-40(53)34-24-32-26-49(34)43(56)38(29-16-10-7-11-17-29)46-35(50)22-27-20-30(57-4)23-31(21-27)58-18-12-19-59-32/h6,8-9,14-15,20-21,23,29,32-34,37-38H,5,7,10-13,16-19,22,24-26H2,1-4H3,(H,44,54)(H,45,53)(H,46,50)(H,47,51)/t32-,33-,34+,37+,38+/m1/s1. The Morgan fingerprint density at radius 3 is 2.41 bits per heavy atom. The zero-order valence-corrected chi connectivity index (χ0v) is 34.5. The Balaban J connectivity index is 1.30. The minimum Gasteiger partial charge on any atom is -0.497 e. The number of nitrogens with one attached hydrogen (secondary N) is 4. The number of hydrogen-bond acceptors (Lipinski definition) is 10. The molecule has 6 amide bonds. The summed E-state index contributed by atoms with van der Waals surface area (Å²) in [4.78, 5) is 97.7. The maximum absolute atomic E-state index is 14.6. The molecule has 1 saturated heterocycles. The van der Waals surface area contributed by atoms with Gasteiger partial charge in [-0.1, -0.05) is 62.9 Å². The number of rotatable bonds is 13. The van der Waals surface area contributed by atoms with Gasteiger partial charge in [-0.25, -0.2) is 0 Å². The van der Waals surface area contributed by atoms with Crippen LogP contribution in [-0.4, -0.2) is 123 Å². The van der Waals surface area contributed by atoms with Crippen LogP contribution in [-0.2, 0) is 44.7 Å². The summed E-state index contributed by atoms with van der Waals surface area (Å²) >= 11 is 0. The molecular formula is C43H58N6O10. The number of hydrogen-bond donors (Lipinski definition) is 4. The summed E-state index contributed by atoms with van der Waals surface area (Å²) in [6, 6.07) is 9.68. The van der Waals surface area contributed by atoms with Crippen molar-refractivity contribution in [2.75, 3.05) is 47.5 Å². The van der Waals surface area contributed by atoms with Crippen LogP contribution >= 0.6 is 0 Å². The molecule has 0 spiro atoms. The molecule has 59 heavy (non-hydrogen) atoms. The van der Waals surface area contributed by atoms with Crippen molar-refractivity contribution < 1.29 is 47.8 Å². The van der Waals surface area contributed by atoms with E-state index in [1.807, 2.05) is 0 Å². The highest BCUT2D eigenvalue weighted by atomic mass is 16.5. The molecule has 5 atom stereocenters. The molecule has 1 saturated carbocycles. The number of carbonyl (C=O) groups excluding carboxylic acids is 7. The van der Waals surface area contributed by atoms with Crippen molar-refractivity contribution in [3.8, 4) is 11.5 Å². The van der Waals surface area contributed by atoms with Gasteiger partial charge < -0.3 is 45.3 Å². The molecule has 3 aliphatic rings. The van der Waals surface area contributed by atoms with Crippen molar-refractivity contribution in [1.82, 2.24) is 31.1 Å². The number of carbonyl (C=O) groups is 7. The number of benzene rings is 2. The fraction of sp³-hybridized carbons (Fsp3) is 0.558. The normalized spacial score (nSPS) is 21.2. The van der Waals surface area contributed by atoms with E-state index in [9.17, 15) is 33.6 Å². The summed E-state index contributed by atoms with van der Waals surface area (Å²) in [6.45, 7) is 1.90. The Bertz CT molecular complexity index is 1820. The molecule has 0 aromatic heterocycles. The zero-order chi connectivity index (χ0) is 42.5. The van der Waals surface area contributed by atoms with Crippen molar-refractivity contribution >= 4 is 41.2 Å². The molecule has 2 heterocycles. The third-order valence-corrected chi connectivity index (χ3v) is 11.0. The predicted octanol–water partition coefficient (Wildman–Crippen LogP) is 1.99. The summed E-state index contributed by atoms with van der Waals surface area (Å²) in [5.41, 5.74) is 1.20. The molecule has 1 aliphatic carbocycles. The van der Waals surface area contributed by atoms with Gasteiger partial charge in [0.25, 0.3) is 5.91 Å². The van der Waals surface area contributed by atoms with Gasteiger partial charge >= 0.3 is 0 Å². The molecule has 2 fully saturated rings. The Labute approximate surface area is 345 Å². The number of Topliss-reactive ketones (excluding diaryl/α,β-unsaturated/α-hetero) is 1. The van der Waals surface area contributed by atoms with E-state index in [4.69, 9.17) is 14.2 Å². The van der Waals surface area contributed by atoms with E-state index < -0.39 is 66.2 Å². The van der Waals surface area contributed by atoms with Crippen LogP contribution in [0.2, 0.25) is 0 Å². The lowest BCUT2D eigenvalue weighted by atomic mass is 9.83. The molecule has 320 valence electrons. The largest absolute Gasteiger partial charge is 0.497 e. The number of methoxy groups -OCH3 is 1. The summed E-state index contributed by atoms with van der Waals surface area (Å²) in [6.07, 6.45) is 4.96. The van der Waals surface area contributed by atoms with Crippen molar-refractivity contribution in [2.24, 2.45) is 5.92 Å². The Morgan fingerprint density at radius 1 is 0.966 bits per heavy atom. The first-order valence-corrected chi connectivity index (χ1v) is 20.6. The van der Waals surface area contributed by atoms with Crippen molar-refractivity contribution in [3.63, 3.8) is 0 Å². The van der Waals surface area contributed by atoms with Crippen LogP contribution in [0.5, 0.6) is 11.5 Å². The zero-order valence-electron chi connectivity index (χ0n) is 34.5. The second kappa shape index (κ2) is 21.5. The lowest BCUT2D eigenvalue weighted by molar-refractivity contribution is -0.144. The second-order valence-corrected chi connectivity index (χ2v) is 15.6. The summed E-state index contributed by atoms with van der Waals surface area (Å²) in [5, 5.41) is 10.7. The molecule has 4 bridgehead atoms. The van der Waals surface area contributed by atoms with Crippen LogP contribution in [0, 0.1) is 5.92 Å². The molecule has 16 heteroatoms. The Kier molecular flexibility index (Phi) is 16.2. The number of likely N-dealkylation sites (N-methyl/N-ethyl adjacent to an activating group) is 1. The smallest absolute Gasteiger partial charge is 0.290 e. The van der Waals surface area contributed by atoms with Crippen LogP contribution in [0.4, 0.5) is 0 Å². The average molecular weight is 819 g/mol. The fourth-order valence-electron chi connectivity index (χ4n) is 7.92. The van der Waals surface area contributed by atoms with Gasteiger partial charge in [-0.05, 0) is 48.4 Å². The maximum Gasteiger partial charge on any atom is 0.290 e. The van der Waals surface area contributed by atoms with E-state index in [-0.39, 0.29) is 43.5 Å². The molecule has 0 unspecified atom stereocenters. The van der Waals surface area contributed by atoms with E-state index in [0.717, 1.165) is 32.1 Å². The average Bonchev–Trinajstić information content (AvgIpc) is 3.67. The van der Waals surface area contributed by atoms with Crippen LogP contribution in [0.15, 0.2) is 48.5 Å². The molecule has 5 rings (SSSR count). The van der Waals surface area contributed by atoms with Gasteiger partial charge in [-0.2, -0.15) is 0 Å². The van der Waals surface area contributed by atoms with Crippen molar-refractivity contribution in [3.05, 3.63) is 59.7 Å². The molecule has 2 aliphatic heterocycles. The summed E-state index contributed by atoms with van der Waals surface area (Å²) < 4.78 is 17.6. The first kappa shape index (κ1) is 44.6. The lowest BCUT2D eigenvalue weighted by Crippen LogP contribution is -2.58. The van der Waals surface area contributed by atoms with Crippen LogP contribution in [0.25, 0.3) is 0 Å². The fourth-order valence-corrected chi connectivity index (χ4v) is 7.92. The maximum atomic E-state index is 14.6. The van der Waals surface area contributed by atoms with Crippen LogP contribution < -0.4 is 30.7 Å². The monoisotopic (exact) mass is 818 g/mol. The number of amides is 6. The molecule has 2 aromatic carbocycles. The van der Waals surface area contributed by atoms with Gasteiger partial charge in [0.2, 0.25) is 35.3 Å². The first-order valence-electron chi connectivity index (χ1n) is 20.6.